The molecule has 2 aromatic carbocycles. The fraction of sp³-hybridized carbons (Fsp3) is 0.0625. The van der Waals surface area contributed by atoms with E-state index < -0.39 is 0 Å². The van der Waals surface area contributed by atoms with Gasteiger partial charge in [0.2, 0.25) is 0 Å². The minimum absolute atomic E-state index is 0.0266. The minimum atomic E-state index is -0.324. The highest BCUT2D eigenvalue weighted by molar-refractivity contribution is 6.06. The van der Waals surface area contributed by atoms with Crippen molar-refractivity contribution in [1.82, 2.24) is 0 Å². The van der Waals surface area contributed by atoms with E-state index in [2.05, 4.69) is 11.9 Å². The van der Waals surface area contributed by atoms with Crippen molar-refractivity contribution in [2.24, 2.45) is 0 Å². The number of phenols is 1. The fourth-order valence-corrected chi connectivity index (χ4v) is 1.78. The second-order valence-electron chi connectivity index (χ2n) is 4.16. The zero-order valence-electron chi connectivity index (χ0n) is 10.5. The van der Waals surface area contributed by atoms with E-state index in [0.29, 0.717) is 12.1 Å². The van der Waals surface area contributed by atoms with E-state index in [1.807, 2.05) is 18.2 Å². The van der Waals surface area contributed by atoms with Crippen LogP contribution >= 0.6 is 0 Å². The molecule has 3 nitrogen and oxygen atoms in total. The van der Waals surface area contributed by atoms with Crippen LogP contribution < -0.4 is 5.32 Å². The third-order valence-corrected chi connectivity index (χ3v) is 2.72. The highest BCUT2D eigenvalue weighted by Crippen LogP contribution is 2.20. The average molecular weight is 253 g/mol. The van der Waals surface area contributed by atoms with Crippen molar-refractivity contribution < 1.29 is 9.90 Å². The number of para-hydroxylation sites is 1. The first kappa shape index (κ1) is 12.9. The monoisotopic (exact) mass is 253 g/mol. The molecule has 0 aromatic heterocycles. The predicted molar refractivity (Wildman–Crippen MR) is 76.4 cm³/mol. The van der Waals surface area contributed by atoms with Crippen LogP contribution in [0.15, 0.2) is 61.2 Å². The summed E-state index contributed by atoms with van der Waals surface area (Å²) in [5.41, 5.74) is 1.90. The van der Waals surface area contributed by atoms with Crippen LogP contribution in [0, 0.1) is 0 Å². The van der Waals surface area contributed by atoms with E-state index in [-0.39, 0.29) is 17.2 Å². The number of hydrogen-bond acceptors (Lipinski definition) is 2. The van der Waals surface area contributed by atoms with Gasteiger partial charge in [-0.15, -0.1) is 6.58 Å². The standard InChI is InChI=1S/C16H15NO2/c1-2-6-12-9-10-15(18)14(11-12)16(19)17-13-7-4-3-5-8-13/h2-5,7-11,18H,1,6H2,(H,17,19). The van der Waals surface area contributed by atoms with Crippen molar-refractivity contribution in [2.45, 2.75) is 6.42 Å². The molecule has 0 aliphatic rings. The third-order valence-electron chi connectivity index (χ3n) is 2.72. The maximum Gasteiger partial charge on any atom is 0.259 e. The molecule has 0 aliphatic carbocycles. The Morgan fingerprint density at radius 1 is 1.21 bits per heavy atom. The highest BCUT2D eigenvalue weighted by atomic mass is 16.3. The third kappa shape index (κ3) is 3.22. The van der Waals surface area contributed by atoms with E-state index in [9.17, 15) is 9.90 Å². The zero-order chi connectivity index (χ0) is 13.7. The molecule has 0 saturated carbocycles. The van der Waals surface area contributed by atoms with Crippen LogP contribution in [0.4, 0.5) is 5.69 Å². The summed E-state index contributed by atoms with van der Waals surface area (Å²) in [5, 5.41) is 12.5. The summed E-state index contributed by atoms with van der Waals surface area (Å²) in [5.74, 6) is -0.351. The van der Waals surface area contributed by atoms with E-state index in [1.54, 1.807) is 30.3 Å². The van der Waals surface area contributed by atoms with Crippen molar-refractivity contribution in [3.63, 3.8) is 0 Å². The van der Waals surface area contributed by atoms with Crippen LogP contribution in [-0.4, -0.2) is 11.0 Å². The minimum Gasteiger partial charge on any atom is -0.507 e. The van der Waals surface area contributed by atoms with E-state index in [0.717, 1.165) is 5.56 Å². The molecule has 96 valence electrons. The van der Waals surface area contributed by atoms with Crippen LogP contribution in [0.5, 0.6) is 5.75 Å². The molecule has 0 fully saturated rings. The van der Waals surface area contributed by atoms with Crippen LogP contribution in [0.1, 0.15) is 15.9 Å². The molecule has 2 N–H and O–H groups in total. The number of nitrogens with one attached hydrogen (secondary N) is 1. The van der Waals surface area contributed by atoms with Gasteiger partial charge in [-0.2, -0.15) is 0 Å². The fourth-order valence-electron chi connectivity index (χ4n) is 1.78. The number of allylic oxidation sites excluding steroid dienone is 1. The molecule has 1 amide bonds. The number of aromatic hydroxyl groups is 1. The first-order valence-electron chi connectivity index (χ1n) is 6.00. The van der Waals surface area contributed by atoms with Gasteiger partial charge in [0.25, 0.3) is 5.91 Å². The lowest BCUT2D eigenvalue weighted by molar-refractivity contribution is 0.102. The molecular formula is C16H15NO2. The molecule has 2 aromatic rings. The van der Waals surface area contributed by atoms with Crippen molar-refractivity contribution in [1.29, 1.82) is 0 Å². The molecule has 3 heteroatoms. The Bertz CT molecular complexity index is 591. The zero-order valence-corrected chi connectivity index (χ0v) is 10.5. The first-order valence-corrected chi connectivity index (χ1v) is 6.00. The Balaban J connectivity index is 2.23. The lowest BCUT2D eigenvalue weighted by atomic mass is 10.1. The number of benzene rings is 2. The quantitative estimate of drug-likeness (QED) is 0.821. The Morgan fingerprint density at radius 2 is 1.95 bits per heavy atom. The van der Waals surface area contributed by atoms with Crippen molar-refractivity contribution in [3.05, 3.63) is 72.3 Å². The molecule has 0 heterocycles. The molecule has 2 rings (SSSR count). The molecular weight excluding hydrogens is 238 g/mol. The van der Waals surface area contributed by atoms with Crippen molar-refractivity contribution >= 4 is 11.6 Å². The van der Waals surface area contributed by atoms with Gasteiger partial charge in [0, 0.05) is 5.69 Å². The molecule has 0 radical (unpaired) electrons. The van der Waals surface area contributed by atoms with Gasteiger partial charge in [0.1, 0.15) is 5.75 Å². The molecule has 0 spiro atoms. The topological polar surface area (TPSA) is 49.3 Å². The average Bonchev–Trinajstić information content (AvgIpc) is 2.42. The predicted octanol–water partition coefficient (Wildman–Crippen LogP) is 3.37. The van der Waals surface area contributed by atoms with Gasteiger partial charge in [0.15, 0.2) is 0 Å². The van der Waals surface area contributed by atoms with Crippen LogP contribution in [0.2, 0.25) is 0 Å². The van der Waals surface area contributed by atoms with E-state index >= 15 is 0 Å². The van der Waals surface area contributed by atoms with Gasteiger partial charge in [-0.3, -0.25) is 4.79 Å². The van der Waals surface area contributed by atoms with Gasteiger partial charge >= 0.3 is 0 Å². The van der Waals surface area contributed by atoms with Crippen molar-refractivity contribution in [3.8, 4) is 5.75 Å². The number of amides is 1. The summed E-state index contributed by atoms with van der Waals surface area (Å²) in [7, 11) is 0. The normalized spacial score (nSPS) is 9.89. The number of hydrogen-bond donors (Lipinski definition) is 2. The second-order valence-corrected chi connectivity index (χ2v) is 4.16. The summed E-state index contributed by atoms with van der Waals surface area (Å²) < 4.78 is 0. The lowest BCUT2D eigenvalue weighted by Gasteiger charge is -2.08. The maximum absolute atomic E-state index is 12.1. The SMILES string of the molecule is C=CCc1ccc(O)c(C(=O)Nc2ccccc2)c1. The Kier molecular flexibility index (Phi) is 3.98. The molecule has 0 unspecified atom stereocenters. The van der Waals surface area contributed by atoms with Crippen molar-refractivity contribution in [2.75, 3.05) is 5.32 Å². The molecule has 0 bridgehead atoms. The Morgan fingerprint density at radius 3 is 2.63 bits per heavy atom. The summed E-state index contributed by atoms with van der Waals surface area (Å²) in [6.45, 7) is 3.66. The number of rotatable bonds is 4. The lowest BCUT2D eigenvalue weighted by Crippen LogP contribution is -2.12. The summed E-state index contributed by atoms with van der Waals surface area (Å²) >= 11 is 0. The van der Waals surface area contributed by atoms with E-state index in [1.165, 1.54) is 6.07 Å². The van der Waals surface area contributed by atoms with E-state index in [4.69, 9.17) is 0 Å². The van der Waals surface area contributed by atoms with Gasteiger partial charge < -0.3 is 10.4 Å². The maximum atomic E-state index is 12.1. The largest absolute Gasteiger partial charge is 0.507 e. The van der Waals surface area contributed by atoms with Gasteiger partial charge in [-0.1, -0.05) is 30.3 Å². The number of anilines is 1. The van der Waals surface area contributed by atoms with Crippen LogP contribution in [-0.2, 0) is 6.42 Å². The Hall–Kier alpha value is -2.55. The number of phenolic OH excluding ortho intramolecular Hbond substituents is 1. The molecule has 0 saturated heterocycles. The Labute approximate surface area is 112 Å². The summed E-state index contributed by atoms with van der Waals surface area (Å²) in [6, 6.07) is 14.1. The first-order chi connectivity index (χ1) is 9.20. The number of carbonyl (C=O) groups is 1. The van der Waals surface area contributed by atoms with Gasteiger partial charge in [-0.25, -0.2) is 0 Å². The van der Waals surface area contributed by atoms with Crippen LogP contribution in [0.25, 0.3) is 0 Å². The number of carbonyl (C=O) groups excluding carboxylic acids is 1. The molecule has 0 aliphatic heterocycles. The van der Waals surface area contributed by atoms with Gasteiger partial charge in [-0.05, 0) is 36.2 Å². The molecule has 19 heavy (non-hydrogen) atoms. The molecule has 0 atom stereocenters. The summed E-state index contributed by atoms with van der Waals surface area (Å²) in [6.07, 6.45) is 2.41. The highest BCUT2D eigenvalue weighted by Gasteiger charge is 2.11. The second kappa shape index (κ2) is 5.87. The smallest absolute Gasteiger partial charge is 0.259 e. The summed E-state index contributed by atoms with van der Waals surface area (Å²) in [4.78, 5) is 12.1. The van der Waals surface area contributed by atoms with Gasteiger partial charge in [0.05, 0.1) is 5.56 Å². The van der Waals surface area contributed by atoms with Crippen LogP contribution in [0.3, 0.4) is 0 Å².